The lowest BCUT2D eigenvalue weighted by atomic mass is 10.2. The second-order valence-electron chi connectivity index (χ2n) is 3.10. The van der Waals surface area contributed by atoms with Crippen molar-refractivity contribution in [3.63, 3.8) is 0 Å². The van der Waals surface area contributed by atoms with Gasteiger partial charge >= 0.3 is 0 Å². The maximum Gasteiger partial charge on any atom is 0.0400 e. The molecule has 0 aliphatic rings. The molecule has 0 heterocycles. The van der Waals surface area contributed by atoms with Gasteiger partial charge in [-0.2, -0.15) is 0 Å². The molecule has 0 bridgehead atoms. The molecule has 0 unspecified atom stereocenters. The molecule has 0 atom stereocenters. The highest BCUT2D eigenvalue weighted by atomic mass is 14.9. The van der Waals surface area contributed by atoms with Gasteiger partial charge in [0.15, 0.2) is 0 Å². The molecule has 1 nitrogen and oxygen atoms in total. The highest BCUT2D eigenvalue weighted by molar-refractivity contribution is 5.22. The quantitative estimate of drug-likeness (QED) is 0.690. The first-order valence-electron chi connectivity index (χ1n) is 4.32. The molecular weight excluding hydrogens is 158 g/mol. The molecular formula is C12H15N. The maximum absolute atomic E-state index is 3.86. The van der Waals surface area contributed by atoms with E-state index in [1.165, 1.54) is 5.56 Å². The van der Waals surface area contributed by atoms with Crippen LogP contribution in [0.4, 0.5) is 0 Å². The Bertz CT molecular complexity index is 298. The van der Waals surface area contributed by atoms with Crippen LogP contribution in [0.15, 0.2) is 54.8 Å². The summed E-state index contributed by atoms with van der Waals surface area (Å²) in [6.45, 7) is 10.4. The Morgan fingerprint density at radius 1 is 1.23 bits per heavy atom. The Morgan fingerprint density at radius 2 is 1.85 bits per heavy atom. The molecule has 0 aromatic heterocycles. The molecule has 1 aromatic rings. The number of nitrogens with one attached hydrogen (secondary N) is 1. The van der Waals surface area contributed by atoms with Gasteiger partial charge < -0.3 is 5.32 Å². The van der Waals surface area contributed by atoms with E-state index in [0.717, 1.165) is 17.8 Å². The fourth-order valence-corrected chi connectivity index (χ4v) is 0.956. The molecule has 0 fully saturated rings. The summed E-state index contributed by atoms with van der Waals surface area (Å²) < 4.78 is 0. The van der Waals surface area contributed by atoms with Crippen LogP contribution in [0.25, 0.3) is 0 Å². The predicted octanol–water partition coefficient (Wildman–Crippen LogP) is 2.87. The minimum atomic E-state index is 0.812. The average molecular weight is 173 g/mol. The zero-order chi connectivity index (χ0) is 9.68. The SMILES string of the molecule is C=C(C)C(=C)NCc1ccccc1. The van der Waals surface area contributed by atoms with Crippen molar-refractivity contribution in [3.8, 4) is 0 Å². The van der Waals surface area contributed by atoms with Crippen molar-refractivity contribution >= 4 is 0 Å². The number of hydrogen-bond acceptors (Lipinski definition) is 1. The highest BCUT2D eigenvalue weighted by Gasteiger charge is 1.93. The van der Waals surface area contributed by atoms with Gasteiger partial charge in [-0.3, -0.25) is 0 Å². The lowest BCUT2D eigenvalue weighted by Gasteiger charge is -2.08. The minimum absolute atomic E-state index is 0.812. The summed E-state index contributed by atoms with van der Waals surface area (Å²) in [6.07, 6.45) is 0. The third-order valence-corrected chi connectivity index (χ3v) is 1.86. The summed E-state index contributed by atoms with van der Waals surface area (Å²) in [5, 5.41) is 3.20. The van der Waals surface area contributed by atoms with Gasteiger partial charge in [0, 0.05) is 12.2 Å². The molecule has 1 rings (SSSR count). The number of allylic oxidation sites excluding steroid dienone is 1. The van der Waals surface area contributed by atoms with Crippen molar-refractivity contribution < 1.29 is 0 Å². The summed E-state index contributed by atoms with van der Waals surface area (Å²) in [5.41, 5.74) is 3.14. The van der Waals surface area contributed by atoms with Gasteiger partial charge in [-0.05, 0) is 18.1 Å². The van der Waals surface area contributed by atoms with Crippen LogP contribution in [0, 0.1) is 0 Å². The fourth-order valence-electron chi connectivity index (χ4n) is 0.956. The Labute approximate surface area is 79.8 Å². The van der Waals surface area contributed by atoms with Crippen LogP contribution in [0.1, 0.15) is 12.5 Å². The molecule has 0 saturated carbocycles. The normalized spacial score (nSPS) is 9.31. The van der Waals surface area contributed by atoms with Gasteiger partial charge in [-0.15, -0.1) is 0 Å². The van der Waals surface area contributed by atoms with Crippen LogP contribution in [0.5, 0.6) is 0 Å². The van der Waals surface area contributed by atoms with E-state index in [-0.39, 0.29) is 0 Å². The standard InChI is InChI=1S/C12H15N/c1-10(2)11(3)13-9-12-7-5-4-6-8-12/h4-8,13H,1,3,9H2,2H3. The van der Waals surface area contributed by atoms with Crippen molar-refractivity contribution in [1.29, 1.82) is 0 Å². The molecule has 1 heteroatoms. The molecule has 0 radical (unpaired) electrons. The van der Waals surface area contributed by atoms with E-state index in [2.05, 4.69) is 30.6 Å². The van der Waals surface area contributed by atoms with E-state index in [0.29, 0.717) is 0 Å². The Balaban J connectivity index is 2.44. The van der Waals surface area contributed by atoms with E-state index in [1.54, 1.807) is 0 Å². The van der Waals surface area contributed by atoms with Crippen LogP contribution >= 0.6 is 0 Å². The summed E-state index contributed by atoms with van der Waals surface area (Å²) in [4.78, 5) is 0. The van der Waals surface area contributed by atoms with Crippen molar-refractivity contribution in [2.75, 3.05) is 0 Å². The molecule has 0 aliphatic heterocycles. The number of hydrogen-bond donors (Lipinski definition) is 1. The Hall–Kier alpha value is -1.50. The first-order valence-corrected chi connectivity index (χ1v) is 4.32. The Kier molecular flexibility index (Phi) is 3.32. The zero-order valence-corrected chi connectivity index (χ0v) is 8.01. The highest BCUT2D eigenvalue weighted by Crippen LogP contribution is 2.02. The van der Waals surface area contributed by atoms with Crippen LogP contribution in [-0.2, 0) is 6.54 Å². The van der Waals surface area contributed by atoms with Crippen LogP contribution in [0.3, 0.4) is 0 Å². The number of rotatable bonds is 4. The van der Waals surface area contributed by atoms with Gasteiger partial charge in [0.1, 0.15) is 0 Å². The Morgan fingerprint density at radius 3 is 2.38 bits per heavy atom. The topological polar surface area (TPSA) is 12.0 Å². The third kappa shape index (κ3) is 3.16. The first-order chi connectivity index (χ1) is 6.20. The maximum atomic E-state index is 3.86. The largest absolute Gasteiger partial charge is 0.381 e. The van der Waals surface area contributed by atoms with Crippen molar-refractivity contribution in [2.45, 2.75) is 13.5 Å². The second kappa shape index (κ2) is 4.51. The molecule has 0 saturated heterocycles. The predicted molar refractivity (Wildman–Crippen MR) is 57.2 cm³/mol. The monoisotopic (exact) mass is 173 g/mol. The van der Waals surface area contributed by atoms with Gasteiger partial charge in [-0.1, -0.05) is 43.5 Å². The summed E-state index contributed by atoms with van der Waals surface area (Å²) in [7, 11) is 0. The number of benzene rings is 1. The van der Waals surface area contributed by atoms with Crippen LogP contribution < -0.4 is 5.32 Å². The van der Waals surface area contributed by atoms with E-state index in [9.17, 15) is 0 Å². The molecule has 68 valence electrons. The van der Waals surface area contributed by atoms with E-state index >= 15 is 0 Å². The summed E-state index contributed by atoms with van der Waals surface area (Å²) in [5.74, 6) is 0. The summed E-state index contributed by atoms with van der Waals surface area (Å²) in [6, 6.07) is 10.2. The molecule has 0 aliphatic carbocycles. The smallest absolute Gasteiger partial charge is 0.0400 e. The second-order valence-corrected chi connectivity index (χ2v) is 3.10. The van der Waals surface area contributed by atoms with Crippen molar-refractivity contribution in [1.82, 2.24) is 5.32 Å². The van der Waals surface area contributed by atoms with Crippen LogP contribution in [-0.4, -0.2) is 0 Å². The first kappa shape index (κ1) is 9.59. The van der Waals surface area contributed by atoms with Gasteiger partial charge in [-0.25, -0.2) is 0 Å². The molecule has 1 aromatic carbocycles. The van der Waals surface area contributed by atoms with Crippen LogP contribution in [0.2, 0.25) is 0 Å². The van der Waals surface area contributed by atoms with Gasteiger partial charge in [0.05, 0.1) is 0 Å². The van der Waals surface area contributed by atoms with Crippen molar-refractivity contribution in [3.05, 3.63) is 60.3 Å². The average Bonchev–Trinajstić information content (AvgIpc) is 2.15. The third-order valence-electron chi connectivity index (χ3n) is 1.86. The van der Waals surface area contributed by atoms with Gasteiger partial charge in [0.25, 0.3) is 0 Å². The lowest BCUT2D eigenvalue weighted by molar-refractivity contribution is 0.824. The molecule has 1 N–H and O–H groups in total. The van der Waals surface area contributed by atoms with E-state index in [1.807, 2.05) is 25.1 Å². The van der Waals surface area contributed by atoms with E-state index < -0.39 is 0 Å². The molecule has 0 spiro atoms. The van der Waals surface area contributed by atoms with E-state index in [4.69, 9.17) is 0 Å². The minimum Gasteiger partial charge on any atom is -0.381 e. The molecule has 13 heavy (non-hydrogen) atoms. The van der Waals surface area contributed by atoms with Crippen molar-refractivity contribution in [2.24, 2.45) is 0 Å². The fraction of sp³-hybridized carbons (Fsp3) is 0.167. The zero-order valence-electron chi connectivity index (χ0n) is 8.01. The lowest BCUT2D eigenvalue weighted by Crippen LogP contribution is -2.11. The summed E-state index contributed by atoms with van der Waals surface area (Å²) >= 11 is 0. The molecule has 0 amide bonds. The van der Waals surface area contributed by atoms with Gasteiger partial charge in [0.2, 0.25) is 0 Å².